The van der Waals surface area contributed by atoms with E-state index in [1.54, 1.807) is 0 Å². The van der Waals surface area contributed by atoms with Gasteiger partial charge in [0.25, 0.3) is 0 Å². The van der Waals surface area contributed by atoms with Crippen molar-refractivity contribution >= 4 is 0 Å². The van der Waals surface area contributed by atoms with E-state index in [0.29, 0.717) is 0 Å². The van der Waals surface area contributed by atoms with Gasteiger partial charge in [-0.05, 0) is 6.92 Å². The van der Waals surface area contributed by atoms with E-state index in [4.69, 9.17) is 61.6 Å². The number of aliphatic hydroxyl groups excluding tert-OH is 21. The molecule has 7 aliphatic heterocycles. The molecule has 7 saturated heterocycles. The van der Waals surface area contributed by atoms with Gasteiger partial charge in [-0.25, -0.2) is 0 Å². The molecule has 7 fully saturated rings. The Labute approximate surface area is 423 Å². The monoisotopic (exact) mass is 1110 g/mol. The standard InChI is InChI=1S/C41H70O34/c1-8-15(47)19(51)26(58)36(65-8)74-34-21(53)18(50)11(3-43)68-41(34)75-33-16(48)9(46)6-63-40(33)64-7-14-32(24(56)29(61)39(70-14)71-30-12(4-44)66-35(62)25(57)22(30)54)73-38-28(60)23(55)31(13(5-45)69-38)72-37-27(59)20(52)17(49)10(2-42)67-37/h8-62H,2-7H2,1H3/t8-,9+,10+,11+,12+,13+,14+,15+,16-,17+,18-,19+,20-,21-,22+,23+,24+,25+,26-,27+,28+,29+,30+,31+,32+,33+,34+,35?,36-,37-,38-,39-,40+,41-/m0/s1. The van der Waals surface area contributed by atoms with Gasteiger partial charge in [0.1, 0.15) is 159 Å². The first-order valence-electron chi connectivity index (χ1n) is 23.9. The van der Waals surface area contributed by atoms with Crippen LogP contribution in [0.4, 0.5) is 0 Å². The SMILES string of the molecule is C[C@@H]1O[C@@H](O[C@H]2[C@H](O[C@H]3[C@@H](OC[C@H]4O[C@@H](O[C@H]5[C@H](O)[C@@H](O)C(O)O[C@@H]5CO)[C@H](O)[C@@H](O)[C@@H]4O[C@@H]4O[C@H](CO)[C@@H](O[C@@H]5O[C@H](CO)[C@@H](O)[C@H](O)[C@H]5O)[C@H](O)[C@H]4O)OC[C@@H](O)[C@@H]3O)O[C@H](CO)[C@H](O)[C@@H]2O)[C@@H](O)[C@H](O)[C@@H]1O. The molecule has 438 valence electrons. The highest BCUT2D eigenvalue weighted by atomic mass is 16.8. The van der Waals surface area contributed by atoms with Gasteiger partial charge in [-0.1, -0.05) is 0 Å². The largest absolute Gasteiger partial charge is 0.394 e. The third-order valence-electron chi connectivity index (χ3n) is 14.1. The fourth-order valence-corrected chi connectivity index (χ4v) is 9.52. The number of ether oxygens (including phenoxy) is 13. The Morgan fingerprint density at radius 3 is 1.21 bits per heavy atom. The second-order valence-corrected chi connectivity index (χ2v) is 19.1. The molecule has 34 heteroatoms. The van der Waals surface area contributed by atoms with Crippen molar-refractivity contribution in [3.63, 3.8) is 0 Å². The predicted octanol–water partition coefficient (Wildman–Crippen LogP) is -14.6. The van der Waals surface area contributed by atoms with Gasteiger partial charge in [0.05, 0.1) is 45.7 Å². The summed E-state index contributed by atoms with van der Waals surface area (Å²) in [5.41, 5.74) is 0. The minimum absolute atomic E-state index is 0.693. The average Bonchev–Trinajstić information content (AvgIpc) is 3.39. The summed E-state index contributed by atoms with van der Waals surface area (Å²) in [6, 6.07) is 0. The first-order valence-corrected chi connectivity index (χ1v) is 23.9. The highest BCUT2D eigenvalue weighted by Gasteiger charge is 2.57. The minimum Gasteiger partial charge on any atom is -0.394 e. The maximum absolute atomic E-state index is 11.7. The molecule has 75 heavy (non-hydrogen) atoms. The van der Waals surface area contributed by atoms with Crippen molar-refractivity contribution < 1.29 is 169 Å². The summed E-state index contributed by atoms with van der Waals surface area (Å²) in [6.07, 6.45) is -65.0. The van der Waals surface area contributed by atoms with Gasteiger partial charge in [0.2, 0.25) is 0 Å². The second kappa shape index (κ2) is 26.0. The third kappa shape index (κ3) is 12.7. The lowest BCUT2D eigenvalue weighted by Crippen LogP contribution is -2.68. The van der Waals surface area contributed by atoms with Crippen molar-refractivity contribution in [2.24, 2.45) is 0 Å². The zero-order valence-electron chi connectivity index (χ0n) is 39.6. The van der Waals surface area contributed by atoms with Crippen LogP contribution in [0.5, 0.6) is 0 Å². The second-order valence-electron chi connectivity index (χ2n) is 19.1. The van der Waals surface area contributed by atoms with Crippen molar-refractivity contribution in [3.05, 3.63) is 0 Å². The van der Waals surface area contributed by atoms with Gasteiger partial charge < -0.3 is 169 Å². The molecule has 21 N–H and O–H groups in total. The summed E-state index contributed by atoms with van der Waals surface area (Å²) in [5.74, 6) is 0. The lowest BCUT2D eigenvalue weighted by atomic mass is 9.95. The molecule has 0 aromatic heterocycles. The summed E-state index contributed by atoms with van der Waals surface area (Å²) in [7, 11) is 0. The summed E-state index contributed by atoms with van der Waals surface area (Å²) in [4.78, 5) is 0. The molecule has 34 nitrogen and oxygen atoms in total. The first-order chi connectivity index (χ1) is 35.5. The molecule has 0 bridgehead atoms. The Bertz CT molecular complexity index is 1740. The van der Waals surface area contributed by atoms with E-state index in [0.717, 1.165) is 0 Å². The van der Waals surface area contributed by atoms with E-state index in [1.165, 1.54) is 6.92 Å². The molecule has 7 heterocycles. The number of hydrogen-bond donors (Lipinski definition) is 21. The van der Waals surface area contributed by atoms with Crippen LogP contribution < -0.4 is 0 Å². The lowest BCUT2D eigenvalue weighted by molar-refractivity contribution is -0.397. The highest BCUT2D eigenvalue weighted by molar-refractivity contribution is 4.99. The predicted molar refractivity (Wildman–Crippen MR) is 224 cm³/mol. The third-order valence-corrected chi connectivity index (χ3v) is 14.1. The molecule has 0 saturated carbocycles. The fraction of sp³-hybridized carbons (Fsp3) is 1.00. The zero-order chi connectivity index (χ0) is 55.1. The van der Waals surface area contributed by atoms with E-state index < -0.39 is 248 Å². The molecule has 7 aliphatic rings. The molecular formula is C41H70O34. The van der Waals surface area contributed by atoms with Gasteiger partial charge in [-0.2, -0.15) is 0 Å². The Hall–Kier alpha value is -1.36. The van der Waals surface area contributed by atoms with E-state index in [-0.39, 0.29) is 0 Å². The van der Waals surface area contributed by atoms with Gasteiger partial charge in [-0.3, -0.25) is 0 Å². The summed E-state index contributed by atoms with van der Waals surface area (Å²) >= 11 is 0. The lowest BCUT2D eigenvalue weighted by Gasteiger charge is -2.49. The number of hydrogen-bond acceptors (Lipinski definition) is 34. The van der Waals surface area contributed by atoms with Crippen molar-refractivity contribution in [2.45, 2.75) is 216 Å². The smallest absolute Gasteiger partial charge is 0.187 e. The Kier molecular flexibility index (Phi) is 21.3. The van der Waals surface area contributed by atoms with Crippen LogP contribution in [0.3, 0.4) is 0 Å². The quantitative estimate of drug-likeness (QED) is 0.0643. The van der Waals surface area contributed by atoms with E-state index >= 15 is 0 Å². The molecule has 0 aliphatic carbocycles. The molecule has 34 atom stereocenters. The van der Waals surface area contributed by atoms with E-state index in [2.05, 4.69) is 0 Å². The molecule has 0 radical (unpaired) electrons. The van der Waals surface area contributed by atoms with Crippen LogP contribution in [0.2, 0.25) is 0 Å². The first kappa shape index (κ1) is 61.3. The van der Waals surface area contributed by atoms with Gasteiger partial charge in [-0.15, -0.1) is 0 Å². The van der Waals surface area contributed by atoms with Crippen LogP contribution in [-0.4, -0.2) is 356 Å². The molecule has 0 aromatic rings. The van der Waals surface area contributed by atoms with Crippen molar-refractivity contribution in [2.75, 3.05) is 39.6 Å². The van der Waals surface area contributed by atoms with Crippen molar-refractivity contribution in [1.29, 1.82) is 0 Å². The van der Waals surface area contributed by atoms with Crippen LogP contribution in [0.25, 0.3) is 0 Å². The maximum atomic E-state index is 11.7. The van der Waals surface area contributed by atoms with Crippen LogP contribution in [0.15, 0.2) is 0 Å². The van der Waals surface area contributed by atoms with Gasteiger partial charge in [0.15, 0.2) is 44.0 Å². The Morgan fingerprint density at radius 2 is 0.680 bits per heavy atom. The van der Waals surface area contributed by atoms with Crippen LogP contribution >= 0.6 is 0 Å². The van der Waals surface area contributed by atoms with Crippen LogP contribution in [0, 0.1) is 0 Å². The summed E-state index contributed by atoms with van der Waals surface area (Å²) in [6.45, 7) is -4.19. The molecule has 0 spiro atoms. The Balaban J connectivity index is 1.14. The summed E-state index contributed by atoms with van der Waals surface area (Å²) in [5, 5.41) is 223. The topological polar surface area (TPSA) is 545 Å². The normalized spacial score (nSPS) is 54.2. The van der Waals surface area contributed by atoms with Gasteiger partial charge >= 0.3 is 0 Å². The fourth-order valence-electron chi connectivity index (χ4n) is 9.52. The molecule has 7 rings (SSSR count). The number of aliphatic hydroxyl groups is 21. The van der Waals surface area contributed by atoms with Crippen LogP contribution in [0.1, 0.15) is 6.92 Å². The maximum Gasteiger partial charge on any atom is 0.187 e. The van der Waals surface area contributed by atoms with Gasteiger partial charge in [0, 0.05) is 0 Å². The Morgan fingerprint density at radius 1 is 0.320 bits per heavy atom. The van der Waals surface area contributed by atoms with E-state index in [9.17, 15) is 107 Å². The molecular weight excluding hydrogens is 1040 g/mol. The highest BCUT2D eigenvalue weighted by Crippen LogP contribution is 2.37. The zero-order valence-corrected chi connectivity index (χ0v) is 39.6. The number of rotatable bonds is 17. The average molecular weight is 1110 g/mol. The van der Waals surface area contributed by atoms with Crippen LogP contribution in [-0.2, 0) is 61.6 Å². The molecule has 1 unspecified atom stereocenters. The van der Waals surface area contributed by atoms with Crippen molar-refractivity contribution in [3.8, 4) is 0 Å². The molecule has 0 amide bonds. The van der Waals surface area contributed by atoms with E-state index in [1.807, 2.05) is 0 Å². The summed E-state index contributed by atoms with van der Waals surface area (Å²) < 4.78 is 73.8. The van der Waals surface area contributed by atoms with Crippen molar-refractivity contribution in [1.82, 2.24) is 0 Å². The molecule has 0 aromatic carbocycles. The minimum atomic E-state index is -2.27.